The van der Waals surface area contributed by atoms with E-state index in [1.807, 2.05) is 6.92 Å². The fourth-order valence-corrected chi connectivity index (χ4v) is 1.77. The van der Waals surface area contributed by atoms with Crippen LogP contribution in [-0.2, 0) is 0 Å². The number of unbranched alkanes of at least 4 members (excludes halogenated alkanes) is 2. The molecule has 0 bridgehead atoms. The number of aliphatic hydroxyl groups is 1. The maximum absolute atomic E-state index is 10.4. The summed E-state index contributed by atoms with van der Waals surface area (Å²) in [4.78, 5) is 0. The van der Waals surface area contributed by atoms with Gasteiger partial charge in [-0.3, -0.25) is 0 Å². The van der Waals surface area contributed by atoms with Crippen LogP contribution in [0, 0.1) is 5.41 Å². The van der Waals surface area contributed by atoms with E-state index in [0.717, 1.165) is 19.3 Å². The van der Waals surface area contributed by atoms with E-state index in [1.165, 1.54) is 12.8 Å². The first kappa shape index (κ1) is 13.9. The van der Waals surface area contributed by atoms with Gasteiger partial charge >= 0.3 is 0 Å². The fraction of sp³-hybridized carbons (Fsp3) is 1.00. The van der Waals surface area contributed by atoms with Gasteiger partial charge in [0.2, 0.25) is 0 Å². The fourth-order valence-electron chi connectivity index (χ4n) is 1.77. The molecule has 0 aliphatic rings. The summed E-state index contributed by atoms with van der Waals surface area (Å²) in [6.45, 7) is 8.85. The molecule has 2 unspecified atom stereocenters. The van der Waals surface area contributed by atoms with Crippen LogP contribution in [0.1, 0.15) is 59.8 Å². The minimum Gasteiger partial charge on any atom is -0.390 e. The Bertz CT molecular complexity index is 150. The third-order valence-electron chi connectivity index (χ3n) is 3.80. The van der Waals surface area contributed by atoms with Crippen molar-refractivity contribution in [3.05, 3.63) is 0 Å². The molecule has 3 N–H and O–H groups in total. The number of hydrogen-bond donors (Lipinski definition) is 2. The van der Waals surface area contributed by atoms with Crippen molar-refractivity contribution in [1.29, 1.82) is 0 Å². The largest absolute Gasteiger partial charge is 0.390 e. The molecule has 2 atom stereocenters. The summed E-state index contributed by atoms with van der Waals surface area (Å²) in [5, 5.41) is 10.4. The van der Waals surface area contributed by atoms with Crippen LogP contribution in [0.4, 0.5) is 0 Å². The molecule has 0 fully saturated rings. The summed E-state index contributed by atoms with van der Waals surface area (Å²) in [6.07, 6.45) is 5.28. The van der Waals surface area contributed by atoms with E-state index in [2.05, 4.69) is 20.8 Å². The lowest BCUT2D eigenvalue weighted by Crippen LogP contribution is -2.48. The van der Waals surface area contributed by atoms with Crippen molar-refractivity contribution in [1.82, 2.24) is 0 Å². The molecule has 0 radical (unpaired) electrons. The van der Waals surface area contributed by atoms with E-state index in [1.54, 1.807) is 0 Å². The van der Waals surface area contributed by atoms with Crippen molar-refractivity contribution in [3.8, 4) is 0 Å². The number of nitrogens with two attached hydrogens (primary N) is 1. The highest BCUT2D eigenvalue weighted by Gasteiger charge is 2.39. The van der Waals surface area contributed by atoms with Gasteiger partial charge in [-0.25, -0.2) is 0 Å². The molecule has 0 rings (SSSR count). The SMILES string of the molecule is CCCCCC(C)(O)C(C)(CC)CN. The van der Waals surface area contributed by atoms with E-state index >= 15 is 0 Å². The van der Waals surface area contributed by atoms with Gasteiger partial charge in [0.15, 0.2) is 0 Å². The summed E-state index contributed by atoms with van der Waals surface area (Å²) in [5.41, 5.74) is 4.99. The normalized spacial score (nSPS) is 20.1. The smallest absolute Gasteiger partial charge is 0.0685 e. The minimum atomic E-state index is -0.619. The summed E-state index contributed by atoms with van der Waals surface area (Å²) in [6, 6.07) is 0. The highest BCUT2D eigenvalue weighted by molar-refractivity contribution is 4.92. The van der Waals surface area contributed by atoms with Crippen LogP contribution in [0.15, 0.2) is 0 Å². The predicted octanol–water partition coefficient (Wildman–Crippen LogP) is 2.69. The molecule has 0 aromatic heterocycles. The Morgan fingerprint density at radius 3 is 2.07 bits per heavy atom. The second-order valence-electron chi connectivity index (χ2n) is 4.85. The summed E-state index contributed by atoms with van der Waals surface area (Å²) in [7, 11) is 0. The Kier molecular flexibility index (Phi) is 5.68. The average Bonchev–Trinajstić information content (AvgIpc) is 2.16. The van der Waals surface area contributed by atoms with E-state index in [9.17, 15) is 5.11 Å². The summed E-state index contributed by atoms with van der Waals surface area (Å²) >= 11 is 0. The van der Waals surface area contributed by atoms with Gasteiger partial charge < -0.3 is 10.8 Å². The molecular weight excluding hydrogens is 174 g/mol. The number of rotatable bonds is 7. The zero-order valence-electron chi connectivity index (χ0n) is 10.3. The van der Waals surface area contributed by atoms with E-state index in [4.69, 9.17) is 5.73 Å². The Morgan fingerprint density at radius 2 is 1.71 bits per heavy atom. The van der Waals surface area contributed by atoms with E-state index in [-0.39, 0.29) is 5.41 Å². The van der Waals surface area contributed by atoms with Crippen molar-refractivity contribution in [2.75, 3.05) is 6.54 Å². The second kappa shape index (κ2) is 5.72. The van der Waals surface area contributed by atoms with Crippen molar-refractivity contribution in [3.63, 3.8) is 0 Å². The molecule has 86 valence electrons. The average molecular weight is 201 g/mol. The maximum atomic E-state index is 10.4. The zero-order chi connectivity index (χ0) is 11.2. The van der Waals surface area contributed by atoms with Crippen molar-refractivity contribution >= 4 is 0 Å². The Balaban J connectivity index is 4.26. The van der Waals surface area contributed by atoms with Crippen LogP contribution in [-0.4, -0.2) is 17.3 Å². The topological polar surface area (TPSA) is 46.2 Å². The molecule has 2 nitrogen and oxygen atoms in total. The molecule has 14 heavy (non-hydrogen) atoms. The third kappa shape index (κ3) is 3.25. The number of hydrogen-bond acceptors (Lipinski definition) is 2. The molecule has 0 aromatic carbocycles. The van der Waals surface area contributed by atoms with Crippen molar-refractivity contribution < 1.29 is 5.11 Å². The van der Waals surface area contributed by atoms with Crippen LogP contribution >= 0.6 is 0 Å². The van der Waals surface area contributed by atoms with E-state index < -0.39 is 5.60 Å². The van der Waals surface area contributed by atoms with E-state index in [0.29, 0.717) is 6.54 Å². The first-order valence-corrected chi connectivity index (χ1v) is 5.86. The molecule has 0 aliphatic heterocycles. The van der Waals surface area contributed by atoms with Crippen LogP contribution < -0.4 is 5.73 Å². The lowest BCUT2D eigenvalue weighted by atomic mass is 9.70. The minimum absolute atomic E-state index is 0.138. The Labute approximate surface area is 88.9 Å². The predicted molar refractivity (Wildman–Crippen MR) is 62.2 cm³/mol. The van der Waals surface area contributed by atoms with Gasteiger partial charge in [-0.1, -0.05) is 40.0 Å². The summed E-state index contributed by atoms with van der Waals surface area (Å²) < 4.78 is 0. The molecular formula is C12H27NO. The van der Waals surface area contributed by atoms with Crippen molar-refractivity contribution in [2.45, 2.75) is 65.4 Å². The highest BCUT2D eigenvalue weighted by Crippen LogP contribution is 2.37. The zero-order valence-corrected chi connectivity index (χ0v) is 10.3. The molecule has 0 saturated carbocycles. The van der Waals surface area contributed by atoms with Crippen molar-refractivity contribution in [2.24, 2.45) is 11.1 Å². The Hall–Kier alpha value is -0.0800. The molecule has 0 spiro atoms. The van der Waals surface area contributed by atoms with Gasteiger partial charge in [-0.15, -0.1) is 0 Å². The molecule has 0 saturated heterocycles. The van der Waals surface area contributed by atoms with Crippen LogP contribution in [0.25, 0.3) is 0 Å². The monoisotopic (exact) mass is 201 g/mol. The van der Waals surface area contributed by atoms with Gasteiger partial charge in [-0.2, -0.15) is 0 Å². The maximum Gasteiger partial charge on any atom is 0.0685 e. The second-order valence-corrected chi connectivity index (χ2v) is 4.85. The third-order valence-corrected chi connectivity index (χ3v) is 3.80. The summed E-state index contributed by atoms with van der Waals surface area (Å²) in [5.74, 6) is 0. The molecule has 2 heteroatoms. The van der Waals surface area contributed by atoms with Gasteiger partial charge in [0.25, 0.3) is 0 Å². The molecule has 0 amide bonds. The van der Waals surface area contributed by atoms with Gasteiger partial charge in [0.05, 0.1) is 5.60 Å². The van der Waals surface area contributed by atoms with Gasteiger partial charge in [0.1, 0.15) is 0 Å². The molecule has 0 heterocycles. The Morgan fingerprint density at radius 1 is 1.14 bits per heavy atom. The molecule has 0 aromatic rings. The highest BCUT2D eigenvalue weighted by atomic mass is 16.3. The van der Waals surface area contributed by atoms with Crippen LogP contribution in [0.2, 0.25) is 0 Å². The van der Waals surface area contributed by atoms with Crippen LogP contribution in [0.5, 0.6) is 0 Å². The first-order chi connectivity index (χ1) is 6.43. The lowest BCUT2D eigenvalue weighted by molar-refractivity contribution is -0.0662. The quantitative estimate of drug-likeness (QED) is 0.622. The van der Waals surface area contributed by atoms with Gasteiger partial charge in [0, 0.05) is 12.0 Å². The molecule has 0 aliphatic carbocycles. The first-order valence-electron chi connectivity index (χ1n) is 5.86. The lowest BCUT2D eigenvalue weighted by Gasteiger charge is -2.42. The van der Waals surface area contributed by atoms with Gasteiger partial charge in [-0.05, 0) is 19.8 Å². The standard InChI is InChI=1S/C12H27NO/c1-5-7-8-9-12(4,14)11(3,6-2)10-13/h14H,5-10,13H2,1-4H3. The van der Waals surface area contributed by atoms with Crippen LogP contribution in [0.3, 0.4) is 0 Å².